The summed E-state index contributed by atoms with van der Waals surface area (Å²) in [6.45, 7) is 13.9. The fourth-order valence-electron chi connectivity index (χ4n) is 6.00. The van der Waals surface area contributed by atoms with E-state index in [9.17, 15) is 4.79 Å². The number of esters is 1. The second kappa shape index (κ2) is 9.09. The molecule has 3 aromatic rings. The minimum atomic E-state index is -0.238. The van der Waals surface area contributed by atoms with Crippen molar-refractivity contribution < 1.29 is 9.53 Å². The number of nitrogens with zero attached hydrogens (tertiary/aromatic N) is 2. The van der Waals surface area contributed by atoms with Crippen molar-refractivity contribution >= 4 is 28.6 Å². The molecule has 2 aromatic carbocycles. The summed E-state index contributed by atoms with van der Waals surface area (Å²) >= 11 is 0. The lowest BCUT2D eigenvalue weighted by Crippen LogP contribution is -2.35. The second-order valence-electron chi connectivity index (χ2n) is 11.9. The van der Waals surface area contributed by atoms with Gasteiger partial charge in [0.05, 0.1) is 24.6 Å². The third-order valence-corrected chi connectivity index (χ3v) is 7.06. The molecule has 1 heterocycles. The minimum absolute atomic E-state index is 0.238. The topological polar surface area (TPSA) is 56.1 Å². The fraction of sp³-hybridized carbons (Fsp3) is 0.517. The molecule has 0 aliphatic heterocycles. The second-order valence-corrected chi connectivity index (χ2v) is 11.9. The molecule has 1 saturated carbocycles. The van der Waals surface area contributed by atoms with Crippen LogP contribution in [0.15, 0.2) is 42.5 Å². The number of carbonyl (C=O) groups excluding carboxylic acids is 1. The zero-order valence-corrected chi connectivity index (χ0v) is 21.7. The van der Waals surface area contributed by atoms with Crippen molar-refractivity contribution in [2.24, 2.45) is 10.8 Å². The molecule has 1 fully saturated rings. The maximum Gasteiger partial charge on any atom is 0.309 e. The fourth-order valence-corrected chi connectivity index (χ4v) is 6.00. The number of imidazole rings is 1. The van der Waals surface area contributed by atoms with Crippen molar-refractivity contribution in [3.8, 4) is 0 Å². The number of nitrogens with one attached hydrogen (secondary N) is 1. The number of benzene rings is 2. The Morgan fingerprint density at radius 3 is 2.32 bits per heavy atom. The molecule has 1 aliphatic rings. The van der Waals surface area contributed by atoms with Gasteiger partial charge in [0.25, 0.3) is 0 Å². The van der Waals surface area contributed by atoms with Gasteiger partial charge in [0.2, 0.25) is 5.95 Å². The first-order valence-electron chi connectivity index (χ1n) is 12.4. The molecule has 0 amide bonds. The molecular formula is C29H39N3O2. The lowest BCUT2D eigenvalue weighted by molar-refractivity contribution is -0.139. The number of methoxy groups -OCH3 is 1. The standard InChI is InChI=1S/C29H39N3O2/c1-19(2)21-9-11-22(12-10-21)30-27-31-24-14-20(15-26(33)34-7)8-13-25(24)32(27)23-16-28(3,4)18-29(5,6)17-23/h8-14,19,23H,15-18H2,1-7H3,(H,30,31). The molecule has 5 nitrogen and oxygen atoms in total. The number of anilines is 2. The molecule has 1 aliphatic carbocycles. The molecule has 0 unspecified atom stereocenters. The first kappa shape index (κ1) is 24.3. The lowest BCUT2D eigenvalue weighted by Gasteiger charge is -2.45. The normalized spacial score (nSPS) is 17.8. The number of ether oxygens (including phenoxy) is 1. The largest absolute Gasteiger partial charge is 0.469 e. The highest BCUT2D eigenvalue weighted by Gasteiger charge is 2.40. The number of rotatable bonds is 6. The summed E-state index contributed by atoms with van der Waals surface area (Å²) in [6, 6.07) is 15.1. The maximum absolute atomic E-state index is 11.8. The van der Waals surface area contributed by atoms with Gasteiger partial charge in [0.15, 0.2) is 0 Å². The number of fused-ring (bicyclic) bond motifs is 1. The van der Waals surface area contributed by atoms with Gasteiger partial charge in [0.1, 0.15) is 0 Å². The van der Waals surface area contributed by atoms with Crippen LogP contribution in [0.25, 0.3) is 11.0 Å². The summed E-state index contributed by atoms with van der Waals surface area (Å²) in [7, 11) is 1.43. The Bertz CT molecular complexity index is 1160. The molecule has 0 bridgehead atoms. The Labute approximate surface area is 203 Å². The first-order valence-corrected chi connectivity index (χ1v) is 12.4. The lowest BCUT2D eigenvalue weighted by atomic mass is 9.63. The zero-order chi connectivity index (χ0) is 24.7. The molecule has 182 valence electrons. The summed E-state index contributed by atoms with van der Waals surface area (Å²) < 4.78 is 7.26. The highest BCUT2D eigenvalue weighted by Crippen LogP contribution is 2.51. The van der Waals surface area contributed by atoms with Gasteiger partial charge in [-0.1, -0.05) is 59.7 Å². The van der Waals surface area contributed by atoms with Crippen LogP contribution in [-0.2, 0) is 16.0 Å². The van der Waals surface area contributed by atoms with Crippen molar-refractivity contribution in [3.05, 3.63) is 53.6 Å². The van der Waals surface area contributed by atoms with E-state index in [0.717, 1.165) is 41.1 Å². The number of hydrogen-bond donors (Lipinski definition) is 1. The summed E-state index contributed by atoms with van der Waals surface area (Å²) in [5, 5.41) is 3.61. The molecule has 4 rings (SSSR count). The molecule has 1 aromatic heterocycles. The average molecular weight is 462 g/mol. The van der Waals surface area contributed by atoms with E-state index < -0.39 is 0 Å². The van der Waals surface area contributed by atoms with Gasteiger partial charge in [-0.3, -0.25) is 4.79 Å². The molecule has 5 heteroatoms. The van der Waals surface area contributed by atoms with E-state index in [-0.39, 0.29) is 23.2 Å². The van der Waals surface area contributed by atoms with E-state index in [2.05, 4.69) is 81.8 Å². The number of hydrogen-bond acceptors (Lipinski definition) is 4. The number of aromatic nitrogens is 2. The Balaban J connectivity index is 1.77. The van der Waals surface area contributed by atoms with E-state index >= 15 is 0 Å². The Morgan fingerprint density at radius 1 is 1.09 bits per heavy atom. The molecule has 0 radical (unpaired) electrons. The van der Waals surface area contributed by atoms with Gasteiger partial charge in [0, 0.05) is 11.7 Å². The van der Waals surface area contributed by atoms with Crippen molar-refractivity contribution in [3.63, 3.8) is 0 Å². The van der Waals surface area contributed by atoms with Crippen LogP contribution < -0.4 is 5.32 Å². The smallest absolute Gasteiger partial charge is 0.309 e. The van der Waals surface area contributed by atoms with Crippen LogP contribution in [0.2, 0.25) is 0 Å². The van der Waals surface area contributed by atoms with E-state index in [1.807, 2.05) is 12.1 Å². The van der Waals surface area contributed by atoms with Crippen LogP contribution in [0, 0.1) is 10.8 Å². The third-order valence-electron chi connectivity index (χ3n) is 7.06. The van der Waals surface area contributed by atoms with E-state index in [4.69, 9.17) is 9.72 Å². The summed E-state index contributed by atoms with van der Waals surface area (Å²) in [6.07, 6.45) is 3.67. The Morgan fingerprint density at radius 2 is 1.74 bits per heavy atom. The Hall–Kier alpha value is -2.82. The average Bonchev–Trinajstić information content (AvgIpc) is 3.08. The first-order chi connectivity index (χ1) is 16.0. The van der Waals surface area contributed by atoms with Gasteiger partial charge in [-0.25, -0.2) is 4.98 Å². The van der Waals surface area contributed by atoms with Crippen LogP contribution in [0.5, 0.6) is 0 Å². The van der Waals surface area contributed by atoms with Gasteiger partial charge < -0.3 is 14.6 Å². The quantitative estimate of drug-likeness (QED) is 0.389. The minimum Gasteiger partial charge on any atom is -0.469 e. The van der Waals surface area contributed by atoms with Crippen molar-refractivity contribution in [1.82, 2.24) is 9.55 Å². The zero-order valence-electron chi connectivity index (χ0n) is 21.7. The van der Waals surface area contributed by atoms with Gasteiger partial charge >= 0.3 is 5.97 Å². The molecule has 0 spiro atoms. The van der Waals surface area contributed by atoms with Crippen molar-refractivity contribution in [2.75, 3.05) is 12.4 Å². The van der Waals surface area contributed by atoms with Gasteiger partial charge in [-0.15, -0.1) is 0 Å². The molecule has 34 heavy (non-hydrogen) atoms. The Kier molecular flexibility index (Phi) is 6.50. The van der Waals surface area contributed by atoms with Crippen molar-refractivity contribution in [2.45, 2.75) is 79.2 Å². The SMILES string of the molecule is COC(=O)Cc1ccc2c(c1)nc(Nc1ccc(C(C)C)cc1)n2C1CC(C)(C)CC(C)(C)C1. The maximum atomic E-state index is 11.8. The summed E-state index contributed by atoms with van der Waals surface area (Å²) in [4.78, 5) is 16.9. The van der Waals surface area contributed by atoms with Crippen LogP contribution >= 0.6 is 0 Å². The van der Waals surface area contributed by atoms with Crippen LogP contribution in [0.1, 0.15) is 83.9 Å². The van der Waals surface area contributed by atoms with Crippen LogP contribution in [0.3, 0.4) is 0 Å². The van der Waals surface area contributed by atoms with E-state index in [1.165, 1.54) is 19.1 Å². The molecule has 1 N–H and O–H groups in total. The van der Waals surface area contributed by atoms with E-state index in [0.29, 0.717) is 12.0 Å². The number of carbonyl (C=O) groups is 1. The molecule has 0 atom stereocenters. The third kappa shape index (κ3) is 5.29. The highest BCUT2D eigenvalue weighted by atomic mass is 16.5. The summed E-state index contributed by atoms with van der Waals surface area (Å²) in [5.74, 6) is 1.12. The predicted molar refractivity (Wildman–Crippen MR) is 140 cm³/mol. The molecule has 0 saturated heterocycles. The summed E-state index contributed by atoms with van der Waals surface area (Å²) in [5.41, 5.74) is 5.79. The van der Waals surface area contributed by atoms with Crippen LogP contribution in [-0.4, -0.2) is 22.6 Å². The van der Waals surface area contributed by atoms with Crippen LogP contribution in [0.4, 0.5) is 11.6 Å². The van der Waals surface area contributed by atoms with Crippen molar-refractivity contribution in [1.29, 1.82) is 0 Å². The van der Waals surface area contributed by atoms with Gasteiger partial charge in [-0.05, 0) is 71.4 Å². The monoisotopic (exact) mass is 461 g/mol. The van der Waals surface area contributed by atoms with Gasteiger partial charge in [-0.2, -0.15) is 0 Å². The predicted octanol–water partition coefficient (Wildman–Crippen LogP) is 7.40. The highest BCUT2D eigenvalue weighted by molar-refractivity contribution is 5.82. The molecular weight excluding hydrogens is 422 g/mol. The van der Waals surface area contributed by atoms with E-state index in [1.54, 1.807) is 0 Å².